The van der Waals surface area contributed by atoms with Gasteiger partial charge in [0.1, 0.15) is 5.51 Å². The van der Waals surface area contributed by atoms with Crippen molar-refractivity contribution in [2.24, 2.45) is 0 Å². The molecule has 2 aromatic rings. The van der Waals surface area contributed by atoms with E-state index in [0.717, 1.165) is 0 Å². The first-order chi connectivity index (χ1) is 7.65. The Balaban J connectivity index is 2.21. The van der Waals surface area contributed by atoms with Crippen LogP contribution in [0.2, 0.25) is 10.0 Å². The van der Waals surface area contributed by atoms with Crippen LogP contribution in [0.5, 0.6) is 0 Å². The van der Waals surface area contributed by atoms with Crippen LogP contribution in [0.1, 0.15) is 10.4 Å². The summed E-state index contributed by atoms with van der Waals surface area (Å²) in [6.45, 7) is 0. The van der Waals surface area contributed by atoms with Crippen molar-refractivity contribution in [2.75, 3.05) is 5.32 Å². The van der Waals surface area contributed by atoms with E-state index in [1.807, 2.05) is 0 Å². The van der Waals surface area contributed by atoms with Crippen LogP contribution in [0, 0.1) is 0 Å². The zero-order valence-corrected chi connectivity index (χ0v) is 10.1. The van der Waals surface area contributed by atoms with Crippen molar-refractivity contribution < 1.29 is 4.79 Å². The Morgan fingerprint density at radius 2 is 1.94 bits per heavy atom. The monoisotopic (exact) mass is 273 g/mol. The topological polar surface area (TPSA) is 54.9 Å². The predicted molar refractivity (Wildman–Crippen MR) is 64.3 cm³/mol. The number of rotatable bonds is 2. The molecule has 7 heteroatoms. The second kappa shape index (κ2) is 4.78. The average Bonchev–Trinajstić information content (AvgIpc) is 2.68. The third kappa shape index (κ3) is 2.69. The second-order valence-electron chi connectivity index (χ2n) is 2.86. The molecule has 0 aliphatic heterocycles. The number of benzene rings is 1. The van der Waals surface area contributed by atoms with Gasteiger partial charge in [0.2, 0.25) is 5.13 Å². The van der Waals surface area contributed by atoms with Crippen molar-refractivity contribution in [2.45, 2.75) is 0 Å². The van der Waals surface area contributed by atoms with Crippen LogP contribution in [0.4, 0.5) is 5.13 Å². The summed E-state index contributed by atoms with van der Waals surface area (Å²) in [6.07, 6.45) is 0. The third-order valence-corrected chi connectivity index (χ3v) is 2.75. The van der Waals surface area contributed by atoms with Gasteiger partial charge in [-0.1, -0.05) is 34.5 Å². The molecule has 1 N–H and O–H groups in total. The van der Waals surface area contributed by atoms with E-state index in [4.69, 9.17) is 23.2 Å². The van der Waals surface area contributed by atoms with Crippen LogP contribution in [0.25, 0.3) is 0 Å². The highest BCUT2D eigenvalue weighted by Gasteiger charge is 2.09. The minimum absolute atomic E-state index is 0.318. The number of anilines is 1. The standard InChI is InChI=1S/C9H5Cl2N3OS/c10-6-1-5(2-7(11)3-6)8(15)13-9-14-12-4-16-9/h1-4H,(H,13,14,15). The molecule has 0 aliphatic rings. The lowest BCUT2D eigenvalue weighted by atomic mass is 10.2. The molecule has 2 rings (SSSR count). The molecule has 0 saturated heterocycles. The number of nitrogens with one attached hydrogen (secondary N) is 1. The largest absolute Gasteiger partial charge is 0.296 e. The molecule has 1 amide bonds. The van der Waals surface area contributed by atoms with Gasteiger partial charge in [-0.3, -0.25) is 10.1 Å². The molecular formula is C9H5Cl2N3OS. The predicted octanol–water partition coefficient (Wildman–Crippen LogP) is 3.10. The quantitative estimate of drug-likeness (QED) is 0.915. The molecular weight excluding hydrogens is 269 g/mol. The summed E-state index contributed by atoms with van der Waals surface area (Å²) in [4.78, 5) is 11.7. The smallest absolute Gasteiger partial charge is 0.257 e. The fourth-order valence-electron chi connectivity index (χ4n) is 1.08. The number of aromatic nitrogens is 2. The fourth-order valence-corrected chi connectivity index (χ4v) is 2.05. The van der Waals surface area contributed by atoms with Gasteiger partial charge in [-0.25, -0.2) is 0 Å². The summed E-state index contributed by atoms with van der Waals surface area (Å²) >= 11 is 12.8. The lowest BCUT2D eigenvalue weighted by Crippen LogP contribution is -2.11. The van der Waals surface area contributed by atoms with E-state index in [9.17, 15) is 4.79 Å². The van der Waals surface area contributed by atoms with Gasteiger partial charge in [0.25, 0.3) is 5.91 Å². The maximum Gasteiger partial charge on any atom is 0.257 e. The Kier molecular flexibility index (Phi) is 3.38. The van der Waals surface area contributed by atoms with E-state index in [0.29, 0.717) is 20.7 Å². The van der Waals surface area contributed by atoms with Crippen molar-refractivity contribution in [3.63, 3.8) is 0 Å². The first-order valence-electron chi connectivity index (χ1n) is 4.19. The Hall–Kier alpha value is -1.17. The molecule has 4 nitrogen and oxygen atoms in total. The van der Waals surface area contributed by atoms with Gasteiger partial charge in [0.15, 0.2) is 0 Å². The van der Waals surface area contributed by atoms with Crippen LogP contribution in [0.15, 0.2) is 23.7 Å². The second-order valence-corrected chi connectivity index (χ2v) is 4.56. The highest BCUT2D eigenvalue weighted by molar-refractivity contribution is 7.13. The number of nitrogens with zero attached hydrogens (tertiary/aromatic N) is 2. The molecule has 0 unspecified atom stereocenters. The average molecular weight is 274 g/mol. The van der Waals surface area contributed by atoms with E-state index in [1.54, 1.807) is 6.07 Å². The minimum Gasteiger partial charge on any atom is -0.296 e. The SMILES string of the molecule is O=C(Nc1nncs1)c1cc(Cl)cc(Cl)c1. The molecule has 82 valence electrons. The van der Waals surface area contributed by atoms with E-state index in [1.165, 1.54) is 29.0 Å². The van der Waals surface area contributed by atoms with Gasteiger partial charge in [0, 0.05) is 15.6 Å². The number of amides is 1. The molecule has 1 aromatic carbocycles. The Bertz CT molecular complexity index is 495. The third-order valence-electron chi connectivity index (χ3n) is 1.71. The molecule has 1 aromatic heterocycles. The van der Waals surface area contributed by atoms with E-state index < -0.39 is 0 Å². The highest BCUT2D eigenvalue weighted by Crippen LogP contribution is 2.20. The van der Waals surface area contributed by atoms with E-state index in [-0.39, 0.29) is 5.91 Å². The van der Waals surface area contributed by atoms with Crippen LogP contribution in [0.3, 0.4) is 0 Å². The van der Waals surface area contributed by atoms with Gasteiger partial charge < -0.3 is 0 Å². The molecule has 0 spiro atoms. The summed E-state index contributed by atoms with van der Waals surface area (Å²) in [7, 11) is 0. The molecule has 0 fully saturated rings. The number of hydrogen-bond donors (Lipinski definition) is 1. The van der Waals surface area contributed by atoms with Crippen molar-refractivity contribution in [3.05, 3.63) is 39.3 Å². The first-order valence-corrected chi connectivity index (χ1v) is 5.82. The van der Waals surface area contributed by atoms with E-state index >= 15 is 0 Å². The van der Waals surface area contributed by atoms with Gasteiger partial charge in [-0.05, 0) is 18.2 Å². The summed E-state index contributed by atoms with van der Waals surface area (Å²) in [6, 6.07) is 4.62. The van der Waals surface area contributed by atoms with Crippen molar-refractivity contribution >= 4 is 45.6 Å². The van der Waals surface area contributed by atoms with Crippen LogP contribution in [-0.4, -0.2) is 16.1 Å². The maximum absolute atomic E-state index is 11.7. The molecule has 0 saturated carbocycles. The molecule has 0 radical (unpaired) electrons. The van der Waals surface area contributed by atoms with Crippen LogP contribution >= 0.6 is 34.5 Å². The zero-order chi connectivity index (χ0) is 11.5. The summed E-state index contributed by atoms with van der Waals surface area (Å²) < 4.78 is 0. The van der Waals surface area contributed by atoms with E-state index in [2.05, 4.69) is 15.5 Å². The van der Waals surface area contributed by atoms with Crippen molar-refractivity contribution in [3.8, 4) is 0 Å². The van der Waals surface area contributed by atoms with Crippen molar-refractivity contribution in [1.29, 1.82) is 0 Å². The summed E-state index contributed by atoms with van der Waals surface area (Å²) in [5.74, 6) is -0.318. The summed E-state index contributed by atoms with van der Waals surface area (Å²) in [5, 5.41) is 11.1. The van der Waals surface area contributed by atoms with Crippen LogP contribution in [-0.2, 0) is 0 Å². The zero-order valence-electron chi connectivity index (χ0n) is 7.78. The van der Waals surface area contributed by atoms with Gasteiger partial charge in [-0.15, -0.1) is 10.2 Å². The molecule has 1 heterocycles. The normalized spacial score (nSPS) is 10.1. The maximum atomic E-state index is 11.7. The fraction of sp³-hybridized carbons (Fsp3) is 0. The Morgan fingerprint density at radius 3 is 2.50 bits per heavy atom. The number of hydrogen-bond acceptors (Lipinski definition) is 4. The van der Waals surface area contributed by atoms with Crippen molar-refractivity contribution in [1.82, 2.24) is 10.2 Å². The van der Waals surface area contributed by atoms with Gasteiger partial charge >= 0.3 is 0 Å². The lowest BCUT2D eigenvalue weighted by Gasteiger charge is -2.02. The molecule has 0 atom stereocenters. The first kappa shape index (κ1) is 11.3. The minimum atomic E-state index is -0.318. The molecule has 0 aliphatic carbocycles. The lowest BCUT2D eigenvalue weighted by molar-refractivity contribution is 0.102. The molecule has 16 heavy (non-hydrogen) atoms. The highest BCUT2D eigenvalue weighted by atomic mass is 35.5. The number of halogens is 2. The van der Waals surface area contributed by atoms with Gasteiger partial charge in [0.05, 0.1) is 0 Å². The summed E-state index contributed by atoms with van der Waals surface area (Å²) in [5.41, 5.74) is 1.91. The Morgan fingerprint density at radius 1 is 1.25 bits per heavy atom. The van der Waals surface area contributed by atoms with Gasteiger partial charge in [-0.2, -0.15) is 0 Å². The van der Waals surface area contributed by atoms with Crippen LogP contribution < -0.4 is 5.32 Å². The number of carbonyl (C=O) groups is 1. The Labute approximate surface area is 105 Å². The number of carbonyl (C=O) groups excluding carboxylic acids is 1. The molecule has 0 bridgehead atoms.